The van der Waals surface area contributed by atoms with Crippen LogP contribution in [0, 0.1) is 0 Å². The van der Waals surface area contributed by atoms with E-state index in [2.05, 4.69) is 65.8 Å². The number of hydrogen-bond acceptors (Lipinski definition) is 4. The van der Waals surface area contributed by atoms with Crippen LogP contribution < -0.4 is 0 Å². The maximum Gasteiger partial charge on any atom is 0.278 e. The molecule has 6 nitrogen and oxygen atoms in total. The summed E-state index contributed by atoms with van der Waals surface area (Å²) in [5.41, 5.74) is 6.16. The molecule has 50 heavy (non-hydrogen) atoms. The third-order valence-corrected chi connectivity index (χ3v) is 9.31. The van der Waals surface area contributed by atoms with E-state index in [4.69, 9.17) is 33.2 Å². The van der Waals surface area contributed by atoms with Crippen molar-refractivity contribution < 1.29 is 9.59 Å². The predicted molar refractivity (Wildman–Crippen MR) is 206 cm³/mol. The average molecular weight is 704 g/mol. The van der Waals surface area contributed by atoms with E-state index in [9.17, 15) is 9.59 Å². The van der Waals surface area contributed by atoms with E-state index in [0.717, 1.165) is 22.3 Å². The minimum atomic E-state index is -0.244. The molecule has 0 N–H and O–H groups in total. The van der Waals surface area contributed by atoms with Crippen LogP contribution in [-0.2, 0) is 20.4 Å². The highest BCUT2D eigenvalue weighted by Crippen LogP contribution is 2.29. The number of benzene rings is 4. The van der Waals surface area contributed by atoms with Crippen molar-refractivity contribution in [2.24, 2.45) is 9.98 Å². The molecule has 0 aromatic heterocycles. The second kappa shape index (κ2) is 13.9. The summed E-state index contributed by atoms with van der Waals surface area (Å²) in [4.78, 5) is 41.1. The van der Waals surface area contributed by atoms with Gasteiger partial charge in [0.25, 0.3) is 11.8 Å². The Kier molecular flexibility index (Phi) is 9.71. The van der Waals surface area contributed by atoms with Gasteiger partial charge in [0, 0.05) is 34.3 Å². The van der Waals surface area contributed by atoms with E-state index in [0.29, 0.717) is 33.1 Å². The van der Waals surface area contributed by atoms with Crippen LogP contribution in [0.5, 0.6) is 0 Å². The number of nitrogens with zero attached hydrogens (tertiary/aromatic N) is 4. The van der Waals surface area contributed by atoms with Gasteiger partial charge in [0.2, 0.25) is 0 Å². The predicted octanol–water partition coefficient (Wildman–Crippen LogP) is 9.55. The molecule has 0 spiro atoms. The maximum absolute atomic E-state index is 14.1. The van der Waals surface area contributed by atoms with Gasteiger partial charge in [-0.2, -0.15) is 0 Å². The quantitative estimate of drug-likeness (QED) is 0.180. The van der Waals surface area contributed by atoms with Gasteiger partial charge in [-0.1, -0.05) is 138 Å². The molecule has 0 aliphatic carbocycles. The lowest BCUT2D eigenvalue weighted by molar-refractivity contribution is -0.125. The Hall–Kier alpha value is -4.78. The molecule has 254 valence electrons. The molecule has 0 saturated heterocycles. The van der Waals surface area contributed by atoms with Crippen LogP contribution in [0.15, 0.2) is 118 Å². The van der Waals surface area contributed by atoms with Gasteiger partial charge in [0.05, 0.1) is 0 Å². The first-order valence-electron chi connectivity index (χ1n) is 16.6. The van der Waals surface area contributed by atoms with E-state index < -0.39 is 0 Å². The molecule has 0 saturated carbocycles. The largest absolute Gasteiger partial charge is 0.289 e. The third kappa shape index (κ3) is 7.67. The van der Waals surface area contributed by atoms with Crippen molar-refractivity contribution >= 4 is 58.8 Å². The van der Waals surface area contributed by atoms with Crippen molar-refractivity contribution in [2.45, 2.75) is 52.4 Å². The summed E-state index contributed by atoms with van der Waals surface area (Å²) in [5.74, 6) is 0.581. The molecule has 0 radical (unpaired) electrons. The van der Waals surface area contributed by atoms with E-state index in [1.165, 1.54) is 11.1 Å². The number of halogens is 2. The fourth-order valence-electron chi connectivity index (χ4n) is 5.83. The van der Waals surface area contributed by atoms with Crippen molar-refractivity contribution in [2.75, 3.05) is 13.1 Å². The first-order valence-corrected chi connectivity index (χ1v) is 17.4. The van der Waals surface area contributed by atoms with Crippen molar-refractivity contribution in [1.29, 1.82) is 0 Å². The summed E-state index contributed by atoms with van der Waals surface area (Å²) < 4.78 is 0. The molecule has 0 unspecified atom stereocenters. The van der Waals surface area contributed by atoms with E-state index in [1.54, 1.807) is 46.2 Å². The van der Waals surface area contributed by atoms with Gasteiger partial charge >= 0.3 is 0 Å². The standard InChI is InChI=1S/C42H40Cl2N4O2/c1-41(2,3)31-15-11-29(12-16-31)37-45-35(25-27-7-19-33(43)20-8-27)39(49)47(37)23-24-48-38(30-13-17-32(18-14-30)42(4,5)6)46-36(40(48)50)26-28-9-21-34(44)22-10-28/h7-22,25-26H,23-24H2,1-6H3. The van der Waals surface area contributed by atoms with Gasteiger partial charge in [-0.05, 0) is 69.5 Å². The summed E-state index contributed by atoms with van der Waals surface area (Å²) >= 11 is 12.2. The second-order valence-corrected chi connectivity index (χ2v) is 15.5. The number of amides is 2. The Morgan fingerprint density at radius 1 is 0.520 bits per heavy atom. The van der Waals surface area contributed by atoms with Gasteiger partial charge < -0.3 is 0 Å². The Balaban J connectivity index is 1.35. The summed E-state index contributed by atoms with van der Waals surface area (Å²) in [7, 11) is 0. The van der Waals surface area contributed by atoms with Crippen LogP contribution in [0.3, 0.4) is 0 Å². The van der Waals surface area contributed by atoms with Gasteiger partial charge in [-0.15, -0.1) is 0 Å². The first kappa shape index (κ1) is 35.1. The Morgan fingerprint density at radius 2 is 0.840 bits per heavy atom. The molecule has 2 amide bonds. The fraction of sp³-hybridized carbons (Fsp3) is 0.238. The summed E-state index contributed by atoms with van der Waals surface area (Å²) in [6, 6.07) is 30.8. The van der Waals surface area contributed by atoms with Crippen LogP contribution in [0.4, 0.5) is 0 Å². The highest BCUT2D eigenvalue weighted by Gasteiger charge is 2.35. The topological polar surface area (TPSA) is 65.3 Å². The SMILES string of the molecule is CC(C)(C)c1ccc(C2=NC(=Cc3ccc(Cl)cc3)C(=O)N2CCN2C(=O)C(=Cc3ccc(Cl)cc3)N=C2c2ccc(C(C)(C)C)cc2)cc1. The summed E-state index contributed by atoms with van der Waals surface area (Å²) in [6.45, 7) is 13.4. The molecule has 8 heteroatoms. The zero-order valence-electron chi connectivity index (χ0n) is 29.2. The molecule has 2 aliphatic rings. The second-order valence-electron chi connectivity index (χ2n) is 14.6. The van der Waals surface area contributed by atoms with Gasteiger partial charge in [0.1, 0.15) is 23.1 Å². The Bertz CT molecular complexity index is 1890. The van der Waals surface area contributed by atoms with E-state index >= 15 is 0 Å². The molecule has 4 aromatic rings. The zero-order chi connectivity index (χ0) is 35.8. The lowest BCUT2D eigenvalue weighted by Crippen LogP contribution is -2.42. The van der Waals surface area contributed by atoms with Gasteiger partial charge in [-0.25, -0.2) is 9.98 Å². The summed E-state index contributed by atoms with van der Waals surface area (Å²) in [6.07, 6.45) is 3.53. The minimum absolute atomic E-state index is 0.0284. The fourth-order valence-corrected chi connectivity index (χ4v) is 6.08. The van der Waals surface area contributed by atoms with Crippen LogP contribution >= 0.6 is 23.2 Å². The normalized spacial score (nSPS) is 16.9. The van der Waals surface area contributed by atoms with Crippen LogP contribution in [-0.4, -0.2) is 46.4 Å². The van der Waals surface area contributed by atoms with Gasteiger partial charge in [0.15, 0.2) is 0 Å². The van der Waals surface area contributed by atoms with Crippen LogP contribution in [0.1, 0.15) is 74.9 Å². The van der Waals surface area contributed by atoms with Crippen LogP contribution in [0.2, 0.25) is 10.0 Å². The molecule has 0 atom stereocenters. The van der Waals surface area contributed by atoms with Crippen LogP contribution in [0.25, 0.3) is 12.2 Å². The monoisotopic (exact) mass is 702 g/mol. The number of carbonyl (C=O) groups excluding carboxylic acids is 2. The molecule has 2 aliphatic heterocycles. The van der Waals surface area contributed by atoms with E-state index in [-0.39, 0.29) is 35.7 Å². The molecule has 0 bridgehead atoms. The summed E-state index contributed by atoms with van der Waals surface area (Å²) in [5, 5.41) is 1.22. The Labute approximate surface area is 304 Å². The lowest BCUT2D eigenvalue weighted by Gasteiger charge is -2.25. The number of hydrogen-bond donors (Lipinski definition) is 0. The van der Waals surface area contributed by atoms with E-state index in [1.807, 2.05) is 48.5 Å². The number of rotatable bonds is 7. The smallest absolute Gasteiger partial charge is 0.278 e. The van der Waals surface area contributed by atoms with Crippen molar-refractivity contribution in [3.8, 4) is 0 Å². The number of carbonyl (C=O) groups is 2. The lowest BCUT2D eigenvalue weighted by atomic mass is 9.86. The molecular weight excluding hydrogens is 663 g/mol. The Morgan fingerprint density at radius 3 is 1.14 bits per heavy atom. The van der Waals surface area contributed by atoms with Crippen molar-refractivity contribution in [3.05, 3.63) is 152 Å². The first-order chi connectivity index (χ1) is 23.7. The highest BCUT2D eigenvalue weighted by molar-refractivity contribution is 6.31. The maximum atomic E-state index is 14.1. The number of amidine groups is 2. The minimum Gasteiger partial charge on any atom is -0.289 e. The molecular formula is C42H40Cl2N4O2. The molecule has 2 heterocycles. The van der Waals surface area contributed by atoms with Crippen molar-refractivity contribution in [3.63, 3.8) is 0 Å². The van der Waals surface area contributed by atoms with Gasteiger partial charge in [-0.3, -0.25) is 19.4 Å². The van der Waals surface area contributed by atoms with Crippen molar-refractivity contribution in [1.82, 2.24) is 9.80 Å². The molecule has 6 rings (SSSR count). The number of aliphatic imine (C=N–C) groups is 2. The third-order valence-electron chi connectivity index (χ3n) is 8.80. The zero-order valence-corrected chi connectivity index (χ0v) is 30.7. The average Bonchev–Trinajstić information content (AvgIpc) is 3.56. The highest BCUT2D eigenvalue weighted by atomic mass is 35.5. The molecule has 0 fully saturated rings. The molecule has 4 aromatic carbocycles.